The lowest BCUT2D eigenvalue weighted by molar-refractivity contribution is 0.101. The monoisotopic (exact) mass is 399 g/mol. The molecule has 0 aliphatic carbocycles. The van der Waals surface area contributed by atoms with E-state index in [0.717, 1.165) is 33.8 Å². The molecule has 3 aromatic carbocycles. The lowest BCUT2D eigenvalue weighted by Gasteiger charge is -2.07. The van der Waals surface area contributed by atoms with Gasteiger partial charge in [0.2, 0.25) is 5.78 Å². The number of aromatic hydroxyl groups is 3. The number of fused-ring (bicyclic) bond motifs is 2. The van der Waals surface area contributed by atoms with E-state index in [4.69, 9.17) is 4.74 Å². The van der Waals surface area contributed by atoms with Crippen LogP contribution in [0.5, 0.6) is 23.0 Å². The van der Waals surface area contributed by atoms with Crippen LogP contribution in [0.2, 0.25) is 0 Å². The number of phenols is 3. The molecule has 0 bridgehead atoms. The molecule has 1 aliphatic heterocycles. The van der Waals surface area contributed by atoms with Gasteiger partial charge in [0.1, 0.15) is 28.6 Å². The van der Waals surface area contributed by atoms with Gasteiger partial charge in [0.25, 0.3) is 0 Å². The predicted octanol–water partition coefficient (Wildman–Crippen LogP) is 4.58. The highest BCUT2D eigenvalue weighted by molar-refractivity contribution is 6.17. The quantitative estimate of drug-likeness (QED) is 0.429. The molecule has 0 saturated heterocycles. The molecule has 3 N–H and O–H groups in total. The van der Waals surface area contributed by atoms with E-state index < -0.39 is 5.78 Å². The number of hydrogen-bond acceptors (Lipinski definition) is 5. The molecule has 0 unspecified atom stereocenters. The summed E-state index contributed by atoms with van der Waals surface area (Å²) in [4.78, 5) is 12.9. The Balaban J connectivity index is 1.75. The van der Waals surface area contributed by atoms with Gasteiger partial charge in [-0.3, -0.25) is 4.79 Å². The number of hydrogen-bond donors (Lipinski definition) is 3. The van der Waals surface area contributed by atoms with Crippen molar-refractivity contribution in [1.82, 2.24) is 4.57 Å². The lowest BCUT2D eigenvalue weighted by atomic mass is 10.0. The third-order valence-electron chi connectivity index (χ3n) is 5.28. The standard InChI is InChI=1S/C24H17NO5/c1-25-18-8-3-2-7-16(18)17(23(25)13-5-4-6-14(26)9-13)12-21-24(29)22-19(28)10-15(27)11-20(22)30-21/h2-12,26-28H,1H3. The van der Waals surface area contributed by atoms with Crippen LogP contribution in [0.15, 0.2) is 66.4 Å². The summed E-state index contributed by atoms with van der Waals surface area (Å²) in [5.74, 6) is -0.684. The molecule has 1 aromatic heterocycles. The zero-order chi connectivity index (χ0) is 21.0. The fourth-order valence-electron chi connectivity index (χ4n) is 3.98. The van der Waals surface area contributed by atoms with E-state index in [9.17, 15) is 20.1 Å². The van der Waals surface area contributed by atoms with Crippen LogP contribution in [0, 0.1) is 0 Å². The van der Waals surface area contributed by atoms with Crippen LogP contribution in [0.4, 0.5) is 0 Å². The minimum Gasteiger partial charge on any atom is -0.508 e. The van der Waals surface area contributed by atoms with Crippen molar-refractivity contribution >= 4 is 22.8 Å². The summed E-state index contributed by atoms with van der Waals surface area (Å²) in [5.41, 5.74) is 3.31. The van der Waals surface area contributed by atoms with Crippen LogP contribution >= 0.6 is 0 Å². The first kappa shape index (κ1) is 17.9. The van der Waals surface area contributed by atoms with Gasteiger partial charge in [0.15, 0.2) is 5.76 Å². The Morgan fingerprint density at radius 2 is 1.73 bits per heavy atom. The zero-order valence-electron chi connectivity index (χ0n) is 16.0. The molecule has 0 amide bonds. The number of allylic oxidation sites excluding steroid dienone is 1. The van der Waals surface area contributed by atoms with Crippen molar-refractivity contribution in [3.8, 4) is 34.3 Å². The van der Waals surface area contributed by atoms with Crippen molar-refractivity contribution < 1.29 is 24.9 Å². The van der Waals surface area contributed by atoms with Gasteiger partial charge in [-0.1, -0.05) is 30.3 Å². The topological polar surface area (TPSA) is 91.9 Å². The number of para-hydroxylation sites is 1. The Morgan fingerprint density at radius 1 is 0.933 bits per heavy atom. The lowest BCUT2D eigenvalue weighted by Crippen LogP contribution is -1.99. The van der Waals surface area contributed by atoms with Gasteiger partial charge in [-0.15, -0.1) is 0 Å². The minimum atomic E-state index is -0.461. The Morgan fingerprint density at radius 3 is 2.53 bits per heavy atom. The fourth-order valence-corrected chi connectivity index (χ4v) is 3.98. The second-order valence-electron chi connectivity index (χ2n) is 7.17. The normalized spacial score (nSPS) is 14.3. The van der Waals surface area contributed by atoms with Gasteiger partial charge in [-0.25, -0.2) is 0 Å². The van der Waals surface area contributed by atoms with E-state index >= 15 is 0 Å². The number of Topliss-reactive ketones (excluding diaryl/α,β-unsaturated/α-hetero) is 1. The summed E-state index contributed by atoms with van der Waals surface area (Å²) in [7, 11) is 1.92. The number of aromatic nitrogens is 1. The third-order valence-corrected chi connectivity index (χ3v) is 5.28. The first-order valence-corrected chi connectivity index (χ1v) is 9.31. The zero-order valence-corrected chi connectivity index (χ0v) is 16.0. The maximum absolute atomic E-state index is 12.9. The van der Waals surface area contributed by atoms with Gasteiger partial charge < -0.3 is 24.6 Å². The number of rotatable bonds is 2. The molecule has 5 rings (SSSR count). The largest absolute Gasteiger partial charge is 0.508 e. The van der Waals surface area contributed by atoms with Crippen LogP contribution in [0.3, 0.4) is 0 Å². The highest BCUT2D eigenvalue weighted by Crippen LogP contribution is 2.42. The summed E-state index contributed by atoms with van der Waals surface area (Å²) in [6.07, 6.45) is 1.64. The summed E-state index contributed by atoms with van der Waals surface area (Å²) < 4.78 is 7.68. The van der Waals surface area contributed by atoms with Gasteiger partial charge >= 0.3 is 0 Å². The van der Waals surface area contributed by atoms with E-state index in [-0.39, 0.29) is 34.3 Å². The molecule has 0 saturated carbocycles. The summed E-state index contributed by atoms with van der Waals surface area (Å²) >= 11 is 0. The Bertz CT molecular complexity index is 1380. The molecule has 2 heterocycles. The number of carbonyl (C=O) groups excluding carboxylic acids is 1. The first-order chi connectivity index (χ1) is 14.4. The summed E-state index contributed by atoms with van der Waals surface area (Å²) in [6, 6.07) is 17.1. The molecule has 148 valence electrons. The SMILES string of the molecule is Cn1c(-c2cccc(O)c2)c(C=C2Oc3cc(O)cc(O)c3C2=O)c2ccccc21. The number of benzene rings is 3. The van der Waals surface area contributed by atoms with Crippen molar-refractivity contribution in [2.24, 2.45) is 7.05 Å². The Hall–Kier alpha value is -4.19. The maximum atomic E-state index is 12.9. The van der Waals surface area contributed by atoms with Crippen molar-refractivity contribution in [3.05, 3.63) is 77.5 Å². The van der Waals surface area contributed by atoms with Crippen LogP contribution < -0.4 is 4.74 Å². The Kier molecular flexibility index (Phi) is 3.83. The average Bonchev–Trinajstić information content (AvgIpc) is 3.17. The first-order valence-electron chi connectivity index (χ1n) is 9.31. The Labute approximate surface area is 171 Å². The maximum Gasteiger partial charge on any atom is 0.235 e. The average molecular weight is 399 g/mol. The molecular weight excluding hydrogens is 382 g/mol. The number of carbonyl (C=O) groups is 1. The molecule has 6 heteroatoms. The van der Waals surface area contributed by atoms with Crippen molar-refractivity contribution in [2.45, 2.75) is 0 Å². The van der Waals surface area contributed by atoms with Gasteiger partial charge in [0, 0.05) is 41.2 Å². The number of ether oxygens (including phenoxy) is 1. The fraction of sp³-hybridized carbons (Fsp3) is 0.0417. The van der Waals surface area contributed by atoms with Gasteiger partial charge in [0.05, 0.1) is 5.69 Å². The summed E-state index contributed by atoms with van der Waals surface area (Å²) in [5, 5.41) is 30.7. The van der Waals surface area contributed by atoms with Crippen molar-refractivity contribution in [2.75, 3.05) is 0 Å². The second kappa shape index (κ2) is 6.42. The second-order valence-corrected chi connectivity index (χ2v) is 7.17. The highest BCUT2D eigenvalue weighted by Gasteiger charge is 2.32. The molecule has 6 nitrogen and oxygen atoms in total. The van der Waals surface area contributed by atoms with Crippen LogP contribution in [-0.2, 0) is 7.05 Å². The molecular formula is C24H17NO5. The molecule has 0 radical (unpaired) electrons. The minimum absolute atomic E-state index is 0.0261. The third kappa shape index (κ3) is 2.62. The molecule has 0 fully saturated rings. The van der Waals surface area contributed by atoms with E-state index in [1.807, 2.05) is 41.9 Å². The molecule has 1 aliphatic rings. The van der Waals surface area contributed by atoms with Crippen LogP contribution in [0.1, 0.15) is 15.9 Å². The van der Waals surface area contributed by atoms with Crippen LogP contribution in [0.25, 0.3) is 28.2 Å². The van der Waals surface area contributed by atoms with Crippen molar-refractivity contribution in [3.63, 3.8) is 0 Å². The van der Waals surface area contributed by atoms with E-state index in [1.54, 1.807) is 24.3 Å². The van der Waals surface area contributed by atoms with Gasteiger partial charge in [-0.2, -0.15) is 0 Å². The number of phenolic OH excluding ortho intramolecular Hbond substituents is 3. The molecule has 0 spiro atoms. The van der Waals surface area contributed by atoms with Crippen LogP contribution in [-0.4, -0.2) is 25.7 Å². The smallest absolute Gasteiger partial charge is 0.235 e. The molecule has 0 atom stereocenters. The summed E-state index contributed by atoms with van der Waals surface area (Å²) in [6.45, 7) is 0. The molecule has 4 aromatic rings. The predicted molar refractivity (Wildman–Crippen MR) is 113 cm³/mol. The van der Waals surface area contributed by atoms with E-state index in [0.29, 0.717) is 0 Å². The molecule has 30 heavy (non-hydrogen) atoms. The number of aryl methyl sites for hydroxylation is 1. The number of nitrogens with zero attached hydrogens (tertiary/aromatic N) is 1. The van der Waals surface area contributed by atoms with E-state index in [1.165, 1.54) is 6.07 Å². The van der Waals surface area contributed by atoms with Gasteiger partial charge in [-0.05, 0) is 24.3 Å². The van der Waals surface area contributed by atoms with E-state index in [2.05, 4.69) is 0 Å². The highest BCUT2D eigenvalue weighted by atomic mass is 16.5. The number of ketones is 1. The van der Waals surface area contributed by atoms with Crippen molar-refractivity contribution in [1.29, 1.82) is 0 Å².